The SMILES string of the molecule is COc1ccc([C@@]2(O)CN(c3ccccc3)C3=[N+]2CCCS3)c(F)c1. The average Bonchev–Trinajstić information content (AvgIpc) is 2.96. The molecule has 0 fully saturated rings. The molecule has 1 atom stereocenters. The number of hydrogen-bond acceptors (Lipinski definition) is 4. The molecule has 2 aliphatic rings. The maximum Gasteiger partial charge on any atom is 0.316 e. The molecule has 0 amide bonds. The largest absolute Gasteiger partial charge is 0.497 e. The number of halogens is 1. The van der Waals surface area contributed by atoms with Crippen LogP contribution in [-0.4, -0.2) is 40.8 Å². The topological polar surface area (TPSA) is 35.7 Å². The third kappa shape index (κ3) is 2.69. The highest BCUT2D eigenvalue weighted by Crippen LogP contribution is 2.38. The van der Waals surface area contributed by atoms with Crippen molar-refractivity contribution in [3.05, 3.63) is 59.9 Å². The Labute approximate surface area is 150 Å². The number of hydrogen-bond donors (Lipinski definition) is 1. The second-order valence-electron chi connectivity index (χ2n) is 6.22. The lowest BCUT2D eigenvalue weighted by atomic mass is 10.0. The Hall–Kier alpha value is -2.05. The molecule has 4 rings (SSSR count). The number of methoxy groups -OCH3 is 1. The molecule has 2 heterocycles. The molecule has 2 aromatic carbocycles. The summed E-state index contributed by atoms with van der Waals surface area (Å²) in [4.78, 5) is 2.08. The van der Waals surface area contributed by atoms with Crippen molar-refractivity contribution >= 4 is 22.6 Å². The molecular formula is C19H20FN2O2S+. The monoisotopic (exact) mass is 359 g/mol. The fourth-order valence-corrected chi connectivity index (χ4v) is 4.67. The Morgan fingerprint density at radius 2 is 2.04 bits per heavy atom. The minimum atomic E-state index is -1.39. The molecule has 6 heteroatoms. The van der Waals surface area contributed by atoms with Crippen molar-refractivity contribution in [3.8, 4) is 5.75 Å². The van der Waals surface area contributed by atoms with Gasteiger partial charge in [-0.25, -0.2) is 13.9 Å². The summed E-state index contributed by atoms with van der Waals surface area (Å²) in [5.74, 6) is 0.989. The van der Waals surface area contributed by atoms with Gasteiger partial charge in [-0.3, -0.25) is 0 Å². The molecular weight excluding hydrogens is 339 g/mol. The Morgan fingerprint density at radius 3 is 2.76 bits per heavy atom. The Morgan fingerprint density at radius 1 is 1.24 bits per heavy atom. The zero-order chi connectivity index (χ0) is 17.4. The zero-order valence-electron chi connectivity index (χ0n) is 14.0. The van der Waals surface area contributed by atoms with Crippen LogP contribution < -0.4 is 9.64 Å². The van der Waals surface area contributed by atoms with Crippen LogP contribution in [0.1, 0.15) is 12.0 Å². The van der Waals surface area contributed by atoms with Gasteiger partial charge in [-0.2, -0.15) is 0 Å². The van der Waals surface area contributed by atoms with E-state index in [9.17, 15) is 9.50 Å². The number of nitrogens with zero attached hydrogens (tertiary/aromatic N) is 2. The zero-order valence-corrected chi connectivity index (χ0v) is 14.8. The van der Waals surface area contributed by atoms with E-state index in [4.69, 9.17) is 4.74 Å². The van der Waals surface area contributed by atoms with Crippen molar-refractivity contribution in [2.45, 2.75) is 12.1 Å². The lowest BCUT2D eigenvalue weighted by Crippen LogP contribution is -2.42. The van der Waals surface area contributed by atoms with Gasteiger partial charge in [0.2, 0.25) is 0 Å². The van der Waals surface area contributed by atoms with Crippen LogP contribution in [0.4, 0.5) is 10.1 Å². The van der Waals surface area contributed by atoms with E-state index in [0.717, 1.165) is 23.0 Å². The molecule has 0 aromatic heterocycles. The summed E-state index contributed by atoms with van der Waals surface area (Å²) >= 11 is 1.71. The summed E-state index contributed by atoms with van der Waals surface area (Å²) in [7, 11) is 1.50. The first kappa shape index (κ1) is 16.4. The number of amidine groups is 1. The van der Waals surface area contributed by atoms with Crippen LogP contribution >= 0.6 is 11.8 Å². The second kappa shape index (κ2) is 6.35. The molecule has 130 valence electrons. The predicted octanol–water partition coefficient (Wildman–Crippen LogP) is 3.01. The van der Waals surface area contributed by atoms with Crippen LogP contribution in [0.15, 0.2) is 48.5 Å². The normalized spacial score (nSPS) is 22.9. The number of benzene rings is 2. The van der Waals surface area contributed by atoms with E-state index >= 15 is 0 Å². The van der Waals surface area contributed by atoms with Gasteiger partial charge in [-0.05, 0) is 42.4 Å². The van der Waals surface area contributed by atoms with Gasteiger partial charge >= 0.3 is 5.17 Å². The molecule has 0 aliphatic carbocycles. The number of anilines is 1. The quantitative estimate of drug-likeness (QED) is 0.855. The van der Waals surface area contributed by atoms with Gasteiger partial charge in [0, 0.05) is 11.8 Å². The van der Waals surface area contributed by atoms with Gasteiger partial charge in [0.1, 0.15) is 17.3 Å². The summed E-state index contributed by atoms with van der Waals surface area (Å²) < 4.78 is 21.7. The number of ether oxygens (including phenoxy) is 1. The lowest BCUT2D eigenvalue weighted by Gasteiger charge is -2.24. The highest BCUT2D eigenvalue weighted by atomic mass is 32.2. The third-order valence-electron chi connectivity index (χ3n) is 4.72. The van der Waals surface area contributed by atoms with E-state index in [1.165, 1.54) is 13.2 Å². The predicted molar refractivity (Wildman–Crippen MR) is 97.8 cm³/mol. The van der Waals surface area contributed by atoms with Gasteiger partial charge in [-0.1, -0.05) is 18.2 Å². The van der Waals surface area contributed by atoms with E-state index in [1.807, 2.05) is 34.9 Å². The van der Waals surface area contributed by atoms with Crippen LogP contribution in [-0.2, 0) is 5.72 Å². The highest BCUT2D eigenvalue weighted by molar-refractivity contribution is 8.13. The van der Waals surface area contributed by atoms with Crippen molar-refractivity contribution < 1.29 is 18.8 Å². The minimum absolute atomic E-state index is 0.284. The highest BCUT2D eigenvalue weighted by Gasteiger charge is 2.54. The fourth-order valence-electron chi connectivity index (χ4n) is 3.49. The number of rotatable bonds is 3. The summed E-state index contributed by atoms with van der Waals surface area (Å²) in [5, 5.41) is 12.5. The third-order valence-corrected chi connectivity index (χ3v) is 5.91. The molecule has 25 heavy (non-hydrogen) atoms. The van der Waals surface area contributed by atoms with Crippen LogP contribution in [0.25, 0.3) is 0 Å². The van der Waals surface area contributed by atoms with Crippen molar-refractivity contribution in [2.24, 2.45) is 0 Å². The van der Waals surface area contributed by atoms with Crippen molar-refractivity contribution in [3.63, 3.8) is 0 Å². The first-order chi connectivity index (χ1) is 12.1. The maximum absolute atomic E-state index is 14.7. The standard InChI is InChI=1S/C19H20FN2O2S/c1-24-15-8-9-16(17(20)12-15)19(23)13-21(14-6-3-2-4-7-14)18-22(19)10-5-11-25-18/h2-4,6-9,12,23H,5,10-11,13H2,1H3/q+1/t19-/m0/s1. The molecule has 2 aliphatic heterocycles. The molecule has 0 saturated carbocycles. The van der Waals surface area contributed by atoms with E-state index < -0.39 is 11.5 Å². The van der Waals surface area contributed by atoms with Gasteiger partial charge in [-0.15, -0.1) is 0 Å². The summed E-state index contributed by atoms with van der Waals surface area (Å²) in [6, 6.07) is 14.6. The Kier molecular flexibility index (Phi) is 4.17. The van der Waals surface area contributed by atoms with Gasteiger partial charge in [0.15, 0.2) is 6.54 Å². The summed E-state index contributed by atoms with van der Waals surface area (Å²) in [6.07, 6.45) is 0.955. The first-order valence-corrected chi connectivity index (χ1v) is 9.28. The number of para-hydroxylation sites is 1. The number of β-amino-alcohol motifs (C(OH)–C–C–N with tert-alkyl or cyclic N) is 1. The molecule has 0 bridgehead atoms. The molecule has 0 radical (unpaired) electrons. The smallest absolute Gasteiger partial charge is 0.316 e. The molecule has 1 N–H and O–H groups in total. The number of thioether (sulfide) groups is 1. The van der Waals surface area contributed by atoms with Gasteiger partial charge in [0.05, 0.1) is 19.2 Å². The lowest BCUT2D eigenvalue weighted by molar-refractivity contribution is -0.657. The maximum atomic E-state index is 14.7. The molecule has 0 saturated heterocycles. The average molecular weight is 359 g/mol. The van der Waals surface area contributed by atoms with Crippen molar-refractivity contribution in [1.29, 1.82) is 0 Å². The molecule has 0 unspecified atom stereocenters. The minimum Gasteiger partial charge on any atom is -0.497 e. The van der Waals surface area contributed by atoms with Crippen molar-refractivity contribution in [1.82, 2.24) is 0 Å². The van der Waals surface area contributed by atoms with E-state index in [0.29, 0.717) is 18.8 Å². The summed E-state index contributed by atoms with van der Waals surface area (Å²) in [6.45, 7) is 0.996. The van der Waals surface area contributed by atoms with E-state index in [1.54, 1.807) is 23.9 Å². The van der Waals surface area contributed by atoms with Crippen LogP contribution in [0.5, 0.6) is 5.75 Å². The van der Waals surface area contributed by atoms with E-state index in [2.05, 4.69) is 4.90 Å². The molecule has 4 nitrogen and oxygen atoms in total. The fraction of sp³-hybridized carbons (Fsp3) is 0.316. The van der Waals surface area contributed by atoms with Crippen LogP contribution in [0.3, 0.4) is 0 Å². The Bertz CT molecular complexity index is 827. The van der Waals surface area contributed by atoms with Gasteiger partial charge in [0.25, 0.3) is 5.72 Å². The van der Waals surface area contributed by atoms with Crippen molar-refractivity contribution in [2.75, 3.05) is 30.9 Å². The molecule has 0 spiro atoms. The van der Waals surface area contributed by atoms with Crippen LogP contribution in [0, 0.1) is 5.82 Å². The number of aliphatic hydroxyl groups is 1. The Balaban J connectivity index is 1.81. The van der Waals surface area contributed by atoms with Crippen LogP contribution in [0.2, 0.25) is 0 Å². The second-order valence-corrected chi connectivity index (χ2v) is 7.28. The summed E-state index contributed by atoms with van der Waals surface area (Å²) in [5.41, 5.74) is -0.108. The first-order valence-electron chi connectivity index (χ1n) is 8.30. The van der Waals surface area contributed by atoms with E-state index in [-0.39, 0.29) is 5.56 Å². The molecule has 2 aromatic rings. The van der Waals surface area contributed by atoms with Gasteiger partial charge < -0.3 is 9.84 Å².